The van der Waals surface area contributed by atoms with Crippen molar-refractivity contribution in [3.8, 4) is 10.4 Å². The van der Waals surface area contributed by atoms with Crippen LogP contribution in [-0.4, -0.2) is 56.9 Å². The van der Waals surface area contributed by atoms with Crippen molar-refractivity contribution in [2.24, 2.45) is 0 Å². The summed E-state index contributed by atoms with van der Waals surface area (Å²) in [6.07, 6.45) is 1.79. The lowest BCUT2D eigenvalue weighted by Gasteiger charge is -2.31. The maximum absolute atomic E-state index is 13.7. The fraction of sp³-hybridized carbons (Fsp3) is 0.500. The monoisotopic (exact) mass is 540 g/mol. The van der Waals surface area contributed by atoms with Gasteiger partial charge in [0, 0.05) is 47.8 Å². The third kappa shape index (κ3) is 5.89. The van der Waals surface area contributed by atoms with Crippen LogP contribution in [0.2, 0.25) is 5.02 Å². The Morgan fingerprint density at radius 1 is 1.20 bits per heavy atom. The van der Waals surface area contributed by atoms with Gasteiger partial charge in [0.2, 0.25) is 11.8 Å². The number of ether oxygens (including phenoxy) is 1. The number of nitrogens with one attached hydrogen (secondary N) is 1. The summed E-state index contributed by atoms with van der Waals surface area (Å²) in [5.41, 5.74) is 3.31. The molecule has 1 N–H and O–H groups in total. The Kier molecular flexibility index (Phi) is 8.17. The number of hydrogen-bond donors (Lipinski definition) is 1. The molecule has 2 aliphatic rings. The van der Waals surface area contributed by atoms with E-state index >= 15 is 0 Å². The number of thiophene rings is 1. The van der Waals surface area contributed by atoms with E-state index in [1.54, 1.807) is 18.2 Å². The van der Waals surface area contributed by atoms with Crippen LogP contribution in [0, 0.1) is 0 Å². The van der Waals surface area contributed by atoms with Crippen LogP contribution in [0.4, 0.5) is 0 Å². The van der Waals surface area contributed by atoms with Gasteiger partial charge in [0.05, 0.1) is 12.2 Å². The Morgan fingerprint density at radius 3 is 2.66 bits per heavy atom. The molecule has 2 unspecified atom stereocenters. The van der Waals surface area contributed by atoms with Crippen LogP contribution >= 0.6 is 22.9 Å². The lowest BCUT2D eigenvalue weighted by Crippen LogP contribution is -2.43. The molecule has 2 aromatic rings. The molecule has 0 aliphatic carbocycles. The Balaban J connectivity index is 1.64. The van der Waals surface area contributed by atoms with Crippen LogP contribution in [0.3, 0.4) is 0 Å². The standard InChI is InChI=1S/C24H29ClN2O6S2/c1-17(28)27-12-11-24(35(30,31)15-13-27,16-22(29)26-33-23-4-2-3-14-32-23)21-10-9-20(34-21)18-5-7-19(25)8-6-18/h5-10,23H,2-4,11-16H2,1H3,(H,26,29). The summed E-state index contributed by atoms with van der Waals surface area (Å²) >= 11 is 7.35. The molecule has 0 bridgehead atoms. The number of amides is 2. The van der Waals surface area contributed by atoms with Crippen molar-refractivity contribution in [3.05, 3.63) is 46.3 Å². The first kappa shape index (κ1) is 26.1. The Labute approximate surface area is 214 Å². The highest BCUT2D eigenvalue weighted by molar-refractivity contribution is 7.92. The van der Waals surface area contributed by atoms with E-state index in [0.717, 1.165) is 23.3 Å². The highest BCUT2D eigenvalue weighted by Gasteiger charge is 2.49. The molecule has 190 valence electrons. The van der Waals surface area contributed by atoms with Gasteiger partial charge in [-0.3, -0.25) is 9.59 Å². The number of benzene rings is 1. The summed E-state index contributed by atoms with van der Waals surface area (Å²) < 4.78 is 31.5. The molecule has 0 saturated carbocycles. The van der Waals surface area contributed by atoms with Crippen molar-refractivity contribution >= 4 is 44.6 Å². The molecule has 0 radical (unpaired) electrons. The van der Waals surface area contributed by atoms with Crippen molar-refractivity contribution in [2.45, 2.75) is 50.1 Å². The fourth-order valence-corrected chi connectivity index (χ4v) is 8.20. The summed E-state index contributed by atoms with van der Waals surface area (Å²) in [4.78, 5) is 33.4. The van der Waals surface area contributed by atoms with Gasteiger partial charge in [-0.25, -0.2) is 18.7 Å². The van der Waals surface area contributed by atoms with Gasteiger partial charge >= 0.3 is 0 Å². The lowest BCUT2D eigenvalue weighted by atomic mass is 9.97. The molecule has 1 aromatic heterocycles. The first-order valence-corrected chi connectivity index (χ1v) is 14.4. The van der Waals surface area contributed by atoms with E-state index in [2.05, 4.69) is 5.48 Å². The minimum absolute atomic E-state index is 0.100. The van der Waals surface area contributed by atoms with Crippen LogP contribution in [0.5, 0.6) is 0 Å². The molecule has 8 nitrogen and oxygen atoms in total. The van der Waals surface area contributed by atoms with Crippen molar-refractivity contribution in [1.29, 1.82) is 0 Å². The minimum atomic E-state index is -3.81. The minimum Gasteiger partial charge on any atom is -0.350 e. The van der Waals surface area contributed by atoms with Crippen LogP contribution in [-0.2, 0) is 33.7 Å². The Bertz CT molecular complexity index is 1160. The van der Waals surface area contributed by atoms with Crippen LogP contribution in [0.1, 0.15) is 43.9 Å². The molecule has 2 saturated heterocycles. The zero-order chi connectivity index (χ0) is 25.1. The van der Waals surface area contributed by atoms with Crippen LogP contribution < -0.4 is 5.48 Å². The van der Waals surface area contributed by atoms with E-state index in [1.807, 2.05) is 18.2 Å². The van der Waals surface area contributed by atoms with Gasteiger partial charge in [-0.2, -0.15) is 0 Å². The van der Waals surface area contributed by atoms with E-state index in [-0.39, 0.29) is 37.6 Å². The zero-order valence-electron chi connectivity index (χ0n) is 19.5. The van der Waals surface area contributed by atoms with Crippen LogP contribution in [0.15, 0.2) is 36.4 Å². The highest BCUT2D eigenvalue weighted by atomic mass is 35.5. The van der Waals surface area contributed by atoms with Gasteiger partial charge in [0.15, 0.2) is 16.1 Å². The molecule has 0 spiro atoms. The smallest absolute Gasteiger partial charge is 0.245 e. The molecule has 3 heterocycles. The number of carbonyl (C=O) groups is 2. The number of carbonyl (C=O) groups excluding carboxylic acids is 2. The SMILES string of the molecule is CC(=O)N1CCC(CC(=O)NOC2CCCCO2)(c2ccc(-c3ccc(Cl)cc3)s2)S(=O)(=O)CC1. The van der Waals surface area contributed by atoms with Crippen molar-refractivity contribution in [1.82, 2.24) is 10.4 Å². The summed E-state index contributed by atoms with van der Waals surface area (Å²) in [6, 6.07) is 10.9. The summed E-state index contributed by atoms with van der Waals surface area (Å²) in [6.45, 7) is 2.32. The second kappa shape index (κ2) is 11.0. The van der Waals surface area contributed by atoms with Gasteiger partial charge in [0.25, 0.3) is 0 Å². The van der Waals surface area contributed by atoms with E-state index in [1.165, 1.54) is 23.2 Å². The average Bonchev–Trinajstić information content (AvgIpc) is 3.28. The average molecular weight is 541 g/mol. The third-order valence-corrected chi connectivity index (χ3v) is 10.7. The number of halogens is 1. The largest absolute Gasteiger partial charge is 0.350 e. The first-order chi connectivity index (χ1) is 16.7. The Hall–Kier alpha value is -1.98. The highest BCUT2D eigenvalue weighted by Crippen LogP contribution is 2.45. The topological polar surface area (TPSA) is 102 Å². The zero-order valence-corrected chi connectivity index (χ0v) is 21.9. The lowest BCUT2D eigenvalue weighted by molar-refractivity contribution is -0.200. The molecule has 2 fully saturated rings. The van der Waals surface area contributed by atoms with E-state index in [9.17, 15) is 18.0 Å². The predicted octanol–water partition coefficient (Wildman–Crippen LogP) is 3.90. The number of hydroxylamine groups is 1. The maximum atomic E-state index is 13.7. The third-order valence-electron chi connectivity index (χ3n) is 6.53. The number of sulfone groups is 1. The van der Waals surface area contributed by atoms with Crippen molar-refractivity contribution in [3.63, 3.8) is 0 Å². The molecule has 1 aromatic carbocycles. The van der Waals surface area contributed by atoms with Gasteiger partial charge in [-0.05, 0) is 49.1 Å². The van der Waals surface area contributed by atoms with Gasteiger partial charge in [0.1, 0.15) is 4.75 Å². The molecule has 35 heavy (non-hydrogen) atoms. The maximum Gasteiger partial charge on any atom is 0.245 e. The Morgan fingerprint density at radius 2 is 1.97 bits per heavy atom. The predicted molar refractivity (Wildman–Crippen MR) is 135 cm³/mol. The van der Waals surface area contributed by atoms with Gasteiger partial charge in [-0.1, -0.05) is 23.7 Å². The fourth-order valence-electron chi connectivity index (χ4n) is 4.47. The molecule has 11 heteroatoms. The molecular formula is C24H29ClN2O6S2. The molecule has 2 atom stereocenters. The van der Waals surface area contributed by atoms with E-state index in [4.69, 9.17) is 21.2 Å². The number of rotatable bonds is 6. The van der Waals surface area contributed by atoms with E-state index in [0.29, 0.717) is 22.9 Å². The summed E-state index contributed by atoms with van der Waals surface area (Å²) in [5.74, 6) is -0.951. The second-order valence-electron chi connectivity index (χ2n) is 8.86. The number of nitrogens with zero attached hydrogens (tertiary/aromatic N) is 1. The van der Waals surface area contributed by atoms with Gasteiger partial charge < -0.3 is 9.64 Å². The van der Waals surface area contributed by atoms with E-state index < -0.39 is 26.8 Å². The van der Waals surface area contributed by atoms with Gasteiger partial charge in [-0.15, -0.1) is 11.3 Å². The van der Waals surface area contributed by atoms with Crippen molar-refractivity contribution in [2.75, 3.05) is 25.4 Å². The quantitative estimate of drug-likeness (QED) is 0.558. The molecule has 2 amide bonds. The first-order valence-electron chi connectivity index (χ1n) is 11.6. The normalized spacial score (nSPS) is 24.5. The second-order valence-corrected chi connectivity index (χ2v) is 12.8. The summed E-state index contributed by atoms with van der Waals surface area (Å²) in [5, 5.41) is 0.608. The number of hydrogen-bond acceptors (Lipinski definition) is 7. The summed E-state index contributed by atoms with van der Waals surface area (Å²) in [7, 11) is -3.81. The molecular weight excluding hydrogens is 512 g/mol. The van der Waals surface area contributed by atoms with Crippen LogP contribution in [0.25, 0.3) is 10.4 Å². The molecule has 2 aliphatic heterocycles. The van der Waals surface area contributed by atoms with Crippen molar-refractivity contribution < 1.29 is 27.6 Å². The molecule has 4 rings (SSSR count).